The number of methoxy groups -OCH3 is 1. The number of anilines is 1. The van der Waals surface area contributed by atoms with Crippen molar-refractivity contribution in [3.8, 4) is 11.1 Å². The molecular weight excluding hydrogens is 534 g/mol. The molecule has 3 heterocycles. The van der Waals surface area contributed by atoms with Gasteiger partial charge in [0.15, 0.2) is 0 Å². The van der Waals surface area contributed by atoms with Crippen molar-refractivity contribution in [2.75, 3.05) is 37.5 Å². The van der Waals surface area contributed by atoms with Crippen molar-refractivity contribution < 1.29 is 31.1 Å². The minimum Gasteiger partial charge on any atom is -0.383 e. The maximum Gasteiger partial charge on any atom is 0.417 e. The lowest BCUT2D eigenvalue weighted by Crippen LogP contribution is -2.55. The van der Waals surface area contributed by atoms with Crippen LogP contribution in [0.25, 0.3) is 22.0 Å². The van der Waals surface area contributed by atoms with Gasteiger partial charge in [-0.1, -0.05) is 0 Å². The van der Waals surface area contributed by atoms with E-state index >= 15 is 0 Å². The fourth-order valence-corrected chi connectivity index (χ4v) is 6.71. The van der Waals surface area contributed by atoms with E-state index in [0.29, 0.717) is 25.2 Å². The van der Waals surface area contributed by atoms with Crippen molar-refractivity contribution in [1.82, 2.24) is 14.9 Å². The van der Waals surface area contributed by atoms with Crippen LogP contribution in [-0.2, 0) is 10.9 Å². The van der Waals surface area contributed by atoms with E-state index in [1.807, 2.05) is 13.8 Å². The zero-order valence-electron chi connectivity index (χ0n) is 20.6. The zero-order valence-corrected chi connectivity index (χ0v) is 21.4. The molecule has 3 aromatic rings. The Morgan fingerprint density at radius 2 is 1.71 bits per heavy atom. The molecule has 2 aliphatic rings. The van der Waals surface area contributed by atoms with Gasteiger partial charge in [-0.15, -0.1) is 11.8 Å². The highest BCUT2D eigenvalue weighted by molar-refractivity contribution is 7.99. The number of aromatic nitrogens is 2. The fourth-order valence-electron chi connectivity index (χ4n) is 5.40. The summed E-state index contributed by atoms with van der Waals surface area (Å²) < 4.78 is 93.8. The number of nitrogens with one attached hydrogen (secondary N) is 1. The molecule has 0 aliphatic carbocycles. The number of hydrogen-bond acceptors (Lipinski definition) is 6. The lowest BCUT2D eigenvalue weighted by atomic mass is 9.95. The topological polar surface area (TPSA) is 59.4 Å². The van der Waals surface area contributed by atoms with Crippen LogP contribution in [0.3, 0.4) is 0 Å². The molecule has 0 unspecified atom stereocenters. The summed E-state index contributed by atoms with van der Waals surface area (Å²) in [6.45, 7) is 4.64. The summed E-state index contributed by atoms with van der Waals surface area (Å²) in [5.74, 6) is -4.05. The second-order valence-corrected chi connectivity index (χ2v) is 10.7. The quantitative estimate of drug-likeness (QED) is 0.456. The Labute approximate surface area is 218 Å². The van der Waals surface area contributed by atoms with E-state index in [-0.39, 0.29) is 46.1 Å². The largest absolute Gasteiger partial charge is 0.417 e. The molecule has 3 atom stereocenters. The maximum absolute atomic E-state index is 15.0. The molecule has 6 nitrogen and oxygen atoms in total. The lowest BCUT2D eigenvalue weighted by Gasteiger charge is -2.38. The first-order chi connectivity index (χ1) is 17.9. The van der Waals surface area contributed by atoms with Gasteiger partial charge in [-0.2, -0.15) is 18.2 Å². The Bertz CT molecular complexity index is 1440. The third-order valence-electron chi connectivity index (χ3n) is 6.71. The first-order valence-electron chi connectivity index (χ1n) is 11.9. The molecule has 5 rings (SSSR count). The van der Waals surface area contributed by atoms with E-state index < -0.39 is 52.0 Å². The number of alkyl halides is 3. The highest BCUT2D eigenvalue weighted by Crippen LogP contribution is 2.50. The standard InChI is InChI=1S/C25H24F6N4O2S/c1-11-7-34(8-12(2)32-11)23-15-6-16(25(29,30)31)19(20-17(27)4-13(26)5-18(20)28)22-21(15)35(24(36)33-23)14(9-37-3)10-38-22/h4-6,11-12,14,32H,7-10H2,1-3H3/t11-,12+,14-/m0/s1. The monoisotopic (exact) mass is 558 g/mol. The summed E-state index contributed by atoms with van der Waals surface area (Å²) in [6.07, 6.45) is -5.03. The lowest BCUT2D eigenvalue weighted by molar-refractivity contribution is -0.137. The minimum atomic E-state index is -5.03. The fraction of sp³-hybridized carbons (Fsp3) is 0.440. The average molecular weight is 559 g/mol. The van der Waals surface area contributed by atoms with Gasteiger partial charge in [-0.3, -0.25) is 4.57 Å². The summed E-state index contributed by atoms with van der Waals surface area (Å²) in [5, 5.41) is 3.36. The molecule has 1 aromatic heterocycles. The molecule has 2 aliphatic heterocycles. The van der Waals surface area contributed by atoms with Crippen LogP contribution in [0.1, 0.15) is 25.5 Å². The van der Waals surface area contributed by atoms with Crippen LogP contribution < -0.4 is 15.9 Å². The molecule has 2 aromatic carbocycles. The Morgan fingerprint density at radius 1 is 1.08 bits per heavy atom. The van der Waals surface area contributed by atoms with Gasteiger partial charge in [-0.05, 0) is 19.9 Å². The first-order valence-corrected chi connectivity index (χ1v) is 12.9. The number of nitrogens with zero attached hydrogens (tertiary/aromatic N) is 3. The molecule has 204 valence electrons. The first kappa shape index (κ1) is 26.8. The molecule has 0 radical (unpaired) electrons. The van der Waals surface area contributed by atoms with Gasteiger partial charge in [-0.25, -0.2) is 18.0 Å². The number of ether oxygens (including phenoxy) is 1. The van der Waals surface area contributed by atoms with E-state index in [0.717, 1.165) is 17.8 Å². The second-order valence-electron chi connectivity index (χ2n) is 9.65. The highest BCUT2D eigenvalue weighted by atomic mass is 32.2. The Balaban J connectivity index is 1.93. The van der Waals surface area contributed by atoms with Crippen molar-refractivity contribution in [3.63, 3.8) is 0 Å². The molecule has 0 bridgehead atoms. The molecule has 0 spiro atoms. The van der Waals surface area contributed by atoms with Crippen molar-refractivity contribution in [2.45, 2.75) is 43.0 Å². The summed E-state index contributed by atoms with van der Waals surface area (Å²) in [5.41, 5.74) is -3.70. The van der Waals surface area contributed by atoms with Gasteiger partial charge >= 0.3 is 11.9 Å². The smallest absolute Gasteiger partial charge is 0.383 e. The molecule has 1 fully saturated rings. The Kier molecular flexibility index (Phi) is 6.89. The molecular formula is C25H24F6N4O2S. The molecule has 13 heteroatoms. The van der Waals surface area contributed by atoms with Crippen LogP contribution in [0.2, 0.25) is 0 Å². The average Bonchev–Trinajstić information content (AvgIpc) is 2.80. The van der Waals surface area contributed by atoms with Gasteiger partial charge in [0, 0.05) is 66.0 Å². The maximum atomic E-state index is 15.0. The number of benzene rings is 2. The van der Waals surface area contributed by atoms with Crippen molar-refractivity contribution >= 4 is 28.5 Å². The number of thioether (sulfide) groups is 1. The van der Waals surface area contributed by atoms with Crippen LogP contribution in [0.5, 0.6) is 0 Å². The summed E-state index contributed by atoms with van der Waals surface area (Å²) in [7, 11) is 1.43. The van der Waals surface area contributed by atoms with E-state index in [2.05, 4.69) is 10.3 Å². The SMILES string of the molecule is COC[C@H]1CSc2c(-c3c(F)cc(F)cc3F)c(C(F)(F)F)cc3c(N4C[C@@H](C)N[C@@H](C)C4)nc(=O)n1c23. The van der Waals surface area contributed by atoms with Crippen LogP contribution >= 0.6 is 11.8 Å². The van der Waals surface area contributed by atoms with Gasteiger partial charge < -0.3 is 15.0 Å². The number of hydrogen-bond donors (Lipinski definition) is 1. The van der Waals surface area contributed by atoms with Gasteiger partial charge in [0.05, 0.1) is 29.3 Å². The summed E-state index contributed by atoms with van der Waals surface area (Å²) >= 11 is 0.942. The Hall–Kier alpha value is -2.77. The van der Waals surface area contributed by atoms with Gasteiger partial charge in [0.2, 0.25) is 0 Å². The van der Waals surface area contributed by atoms with E-state index in [9.17, 15) is 31.1 Å². The van der Waals surface area contributed by atoms with E-state index in [1.165, 1.54) is 11.7 Å². The summed E-state index contributed by atoms with van der Waals surface area (Å²) in [4.78, 5) is 19.2. The second kappa shape index (κ2) is 9.76. The molecule has 1 N–H and O–H groups in total. The normalized spacial score (nSPS) is 21.8. The third-order valence-corrected chi connectivity index (χ3v) is 7.95. The Morgan fingerprint density at radius 3 is 2.29 bits per heavy atom. The van der Waals surface area contributed by atoms with Crippen molar-refractivity contribution in [2.24, 2.45) is 0 Å². The van der Waals surface area contributed by atoms with Crippen molar-refractivity contribution in [3.05, 3.63) is 51.7 Å². The summed E-state index contributed by atoms with van der Waals surface area (Å²) in [6, 6.07) is 0.815. The van der Waals surface area contributed by atoms with Crippen LogP contribution in [0, 0.1) is 17.5 Å². The van der Waals surface area contributed by atoms with Gasteiger partial charge in [0.1, 0.15) is 23.3 Å². The molecule has 1 saturated heterocycles. The van der Waals surface area contributed by atoms with E-state index in [1.54, 1.807) is 4.90 Å². The number of rotatable bonds is 4. The molecule has 38 heavy (non-hydrogen) atoms. The highest BCUT2D eigenvalue weighted by Gasteiger charge is 2.41. The van der Waals surface area contributed by atoms with E-state index in [4.69, 9.17) is 4.74 Å². The van der Waals surface area contributed by atoms with Crippen molar-refractivity contribution in [1.29, 1.82) is 0 Å². The molecule has 0 saturated carbocycles. The zero-order chi connectivity index (χ0) is 27.5. The predicted octanol–water partition coefficient (Wildman–Crippen LogP) is 4.98. The number of piperazine rings is 1. The van der Waals surface area contributed by atoms with Crippen LogP contribution in [0.15, 0.2) is 27.9 Å². The van der Waals surface area contributed by atoms with Gasteiger partial charge in [0.25, 0.3) is 0 Å². The van der Waals surface area contributed by atoms with Crippen LogP contribution in [0.4, 0.5) is 32.2 Å². The molecule has 0 amide bonds. The minimum absolute atomic E-state index is 0.0354. The van der Waals surface area contributed by atoms with Crippen LogP contribution in [-0.4, -0.2) is 54.2 Å². The predicted molar refractivity (Wildman–Crippen MR) is 132 cm³/mol. The third kappa shape index (κ3) is 4.54. The number of halogens is 6.